The molecule has 1 aromatic heterocycles. The van der Waals surface area contributed by atoms with Gasteiger partial charge in [-0.15, -0.1) is 0 Å². The Bertz CT molecular complexity index is 561. The lowest BCUT2D eigenvalue weighted by Crippen LogP contribution is -2.20. The van der Waals surface area contributed by atoms with Gasteiger partial charge in [0.2, 0.25) is 0 Å². The third-order valence-electron chi connectivity index (χ3n) is 3.15. The molecule has 1 unspecified atom stereocenters. The van der Waals surface area contributed by atoms with E-state index in [4.69, 9.17) is 4.52 Å². The minimum atomic E-state index is -0.829. The second-order valence-electron chi connectivity index (χ2n) is 4.55. The molecule has 3 nitrogen and oxygen atoms in total. The van der Waals surface area contributed by atoms with Gasteiger partial charge in [-0.05, 0) is 26.8 Å². The van der Waals surface area contributed by atoms with Crippen LogP contribution in [0.5, 0.6) is 0 Å². The zero-order chi connectivity index (χ0) is 14.0. The van der Waals surface area contributed by atoms with Gasteiger partial charge >= 0.3 is 0 Å². The predicted molar refractivity (Wildman–Crippen MR) is 67.6 cm³/mol. The maximum absolute atomic E-state index is 13.5. The summed E-state index contributed by atoms with van der Waals surface area (Å²) in [5.74, 6) is -0.900. The number of nitrogens with one attached hydrogen (secondary N) is 1. The van der Waals surface area contributed by atoms with Gasteiger partial charge in [-0.3, -0.25) is 0 Å². The summed E-state index contributed by atoms with van der Waals surface area (Å²) in [4.78, 5) is 0. The molecular formula is C14H16F2N2O. The van der Waals surface area contributed by atoms with E-state index in [0.717, 1.165) is 23.1 Å². The van der Waals surface area contributed by atoms with Crippen LogP contribution in [0, 0.1) is 25.5 Å². The molecule has 0 saturated carbocycles. The van der Waals surface area contributed by atoms with Crippen LogP contribution in [0.3, 0.4) is 0 Å². The number of hydrogen-bond donors (Lipinski definition) is 1. The summed E-state index contributed by atoms with van der Waals surface area (Å²) in [6.07, 6.45) is 0. The van der Waals surface area contributed by atoms with Gasteiger partial charge in [0.1, 0.15) is 5.76 Å². The minimum absolute atomic E-state index is 0.0473. The number of aromatic nitrogens is 1. The lowest BCUT2D eigenvalue weighted by Gasteiger charge is -2.14. The Morgan fingerprint density at radius 2 is 2.05 bits per heavy atom. The molecule has 2 rings (SSSR count). The number of hydrogen-bond acceptors (Lipinski definition) is 3. The number of halogens is 2. The monoisotopic (exact) mass is 266 g/mol. The van der Waals surface area contributed by atoms with E-state index >= 15 is 0 Å². The van der Waals surface area contributed by atoms with Crippen molar-refractivity contribution in [1.29, 1.82) is 0 Å². The molecular weight excluding hydrogens is 250 g/mol. The molecule has 1 heterocycles. The molecule has 0 aliphatic rings. The average molecular weight is 266 g/mol. The molecule has 5 heteroatoms. The third kappa shape index (κ3) is 2.81. The largest absolute Gasteiger partial charge is 0.361 e. The molecule has 1 aromatic carbocycles. The van der Waals surface area contributed by atoms with Crippen LogP contribution in [0.15, 0.2) is 22.7 Å². The molecule has 1 N–H and O–H groups in total. The molecule has 0 spiro atoms. The van der Waals surface area contributed by atoms with Gasteiger partial charge in [0.15, 0.2) is 11.6 Å². The maximum Gasteiger partial charge on any atom is 0.163 e. The fraction of sp³-hybridized carbons (Fsp3) is 0.357. The van der Waals surface area contributed by atoms with Crippen molar-refractivity contribution in [2.45, 2.75) is 33.4 Å². The normalized spacial score (nSPS) is 12.7. The predicted octanol–water partition coefficient (Wildman–Crippen LogP) is 3.42. The van der Waals surface area contributed by atoms with E-state index in [1.54, 1.807) is 6.07 Å². The minimum Gasteiger partial charge on any atom is -0.361 e. The zero-order valence-electron chi connectivity index (χ0n) is 11.1. The van der Waals surface area contributed by atoms with E-state index in [-0.39, 0.29) is 12.6 Å². The average Bonchev–Trinajstić information content (AvgIpc) is 2.71. The van der Waals surface area contributed by atoms with Crippen molar-refractivity contribution in [2.24, 2.45) is 0 Å². The first kappa shape index (κ1) is 13.7. The van der Waals surface area contributed by atoms with E-state index in [9.17, 15) is 8.78 Å². The summed E-state index contributed by atoms with van der Waals surface area (Å²) < 4.78 is 31.7. The molecule has 0 bridgehead atoms. The fourth-order valence-electron chi connectivity index (χ4n) is 2.16. The maximum atomic E-state index is 13.5. The fourth-order valence-corrected chi connectivity index (χ4v) is 2.16. The Labute approximate surface area is 110 Å². The second kappa shape index (κ2) is 5.48. The van der Waals surface area contributed by atoms with Crippen molar-refractivity contribution in [3.8, 4) is 0 Å². The smallest absolute Gasteiger partial charge is 0.163 e. The molecule has 19 heavy (non-hydrogen) atoms. The molecule has 1 atom stereocenters. The summed E-state index contributed by atoms with van der Waals surface area (Å²) in [5, 5.41) is 7.02. The summed E-state index contributed by atoms with van der Waals surface area (Å²) in [5.41, 5.74) is 2.06. The number of nitrogens with zero attached hydrogens (tertiary/aromatic N) is 1. The van der Waals surface area contributed by atoms with Crippen LogP contribution in [-0.4, -0.2) is 5.16 Å². The van der Waals surface area contributed by atoms with Crippen LogP contribution >= 0.6 is 0 Å². The Morgan fingerprint density at radius 1 is 1.32 bits per heavy atom. The zero-order valence-corrected chi connectivity index (χ0v) is 11.1. The molecule has 2 aromatic rings. The first-order chi connectivity index (χ1) is 9.00. The van der Waals surface area contributed by atoms with E-state index < -0.39 is 11.6 Å². The Balaban J connectivity index is 2.09. The number of benzene rings is 1. The standard InChI is InChI=1S/C14H16F2N2O/c1-8(13-9(2)18-19-10(13)3)17-7-11-5-4-6-12(15)14(11)16/h4-6,8,17H,7H2,1-3H3. The Hall–Kier alpha value is -1.75. The van der Waals surface area contributed by atoms with Crippen LogP contribution in [0.25, 0.3) is 0 Å². The topological polar surface area (TPSA) is 38.1 Å². The lowest BCUT2D eigenvalue weighted by molar-refractivity contribution is 0.390. The van der Waals surface area contributed by atoms with Crippen LogP contribution < -0.4 is 5.32 Å². The van der Waals surface area contributed by atoms with Gasteiger partial charge in [-0.2, -0.15) is 0 Å². The molecule has 102 valence electrons. The van der Waals surface area contributed by atoms with E-state index in [1.807, 2.05) is 20.8 Å². The van der Waals surface area contributed by atoms with Crippen molar-refractivity contribution in [1.82, 2.24) is 10.5 Å². The summed E-state index contributed by atoms with van der Waals surface area (Å²) >= 11 is 0. The molecule has 0 radical (unpaired) electrons. The van der Waals surface area contributed by atoms with E-state index in [1.165, 1.54) is 6.07 Å². The number of aryl methyl sites for hydroxylation is 2. The molecule has 0 aliphatic heterocycles. The highest BCUT2D eigenvalue weighted by Crippen LogP contribution is 2.21. The Morgan fingerprint density at radius 3 is 2.68 bits per heavy atom. The van der Waals surface area contributed by atoms with Crippen molar-refractivity contribution in [3.63, 3.8) is 0 Å². The Kier molecular flexibility index (Phi) is 3.95. The van der Waals surface area contributed by atoms with Crippen LogP contribution in [0.1, 0.15) is 35.5 Å². The van der Waals surface area contributed by atoms with Crippen molar-refractivity contribution in [2.75, 3.05) is 0 Å². The molecule has 0 amide bonds. The van der Waals surface area contributed by atoms with Crippen LogP contribution in [-0.2, 0) is 6.54 Å². The first-order valence-corrected chi connectivity index (χ1v) is 6.09. The van der Waals surface area contributed by atoms with Crippen molar-refractivity contribution in [3.05, 3.63) is 52.4 Å². The highest BCUT2D eigenvalue weighted by Gasteiger charge is 2.16. The van der Waals surface area contributed by atoms with Gasteiger partial charge in [0.05, 0.1) is 5.69 Å². The lowest BCUT2D eigenvalue weighted by atomic mass is 10.1. The van der Waals surface area contributed by atoms with E-state index in [0.29, 0.717) is 5.56 Å². The summed E-state index contributed by atoms with van der Waals surface area (Å²) in [7, 11) is 0. The van der Waals surface area contributed by atoms with Crippen LogP contribution in [0.2, 0.25) is 0 Å². The first-order valence-electron chi connectivity index (χ1n) is 6.09. The number of rotatable bonds is 4. The molecule has 0 fully saturated rings. The van der Waals surface area contributed by atoms with Crippen molar-refractivity contribution < 1.29 is 13.3 Å². The van der Waals surface area contributed by atoms with Crippen molar-refractivity contribution >= 4 is 0 Å². The summed E-state index contributed by atoms with van der Waals surface area (Å²) in [6, 6.07) is 4.12. The molecule has 0 aliphatic carbocycles. The molecule has 0 saturated heterocycles. The van der Waals surface area contributed by atoms with Gasteiger partial charge in [0, 0.05) is 23.7 Å². The highest BCUT2D eigenvalue weighted by atomic mass is 19.2. The quantitative estimate of drug-likeness (QED) is 0.921. The second-order valence-corrected chi connectivity index (χ2v) is 4.55. The van der Waals surface area contributed by atoms with E-state index in [2.05, 4.69) is 10.5 Å². The van der Waals surface area contributed by atoms with Crippen LogP contribution in [0.4, 0.5) is 8.78 Å². The third-order valence-corrected chi connectivity index (χ3v) is 3.15. The highest BCUT2D eigenvalue weighted by molar-refractivity contribution is 5.25. The summed E-state index contributed by atoms with van der Waals surface area (Å²) in [6.45, 7) is 5.86. The van der Waals surface area contributed by atoms with Gasteiger partial charge in [0.25, 0.3) is 0 Å². The van der Waals surface area contributed by atoms with Gasteiger partial charge in [-0.25, -0.2) is 8.78 Å². The SMILES string of the molecule is Cc1noc(C)c1C(C)NCc1cccc(F)c1F. The van der Waals surface area contributed by atoms with Gasteiger partial charge < -0.3 is 9.84 Å². The van der Waals surface area contributed by atoms with Gasteiger partial charge in [-0.1, -0.05) is 17.3 Å².